The molecule has 0 saturated carbocycles. The molecule has 0 aliphatic heterocycles. The molecule has 0 spiro atoms. The van der Waals surface area contributed by atoms with Crippen LogP contribution < -0.4 is 10.1 Å². The maximum atomic E-state index is 6.25. The van der Waals surface area contributed by atoms with Gasteiger partial charge in [0.05, 0.1) is 5.69 Å². The highest BCUT2D eigenvalue weighted by atomic mass is 35.5. The number of pyridine rings is 1. The smallest absolute Gasteiger partial charge is 0.238 e. The second-order valence-electron chi connectivity index (χ2n) is 6.24. The average Bonchev–Trinajstić information content (AvgIpc) is 2.63. The van der Waals surface area contributed by atoms with Crippen molar-refractivity contribution in [2.75, 3.05) is 11.9 Å². The van der Waals surface area contributed by atoms with Crippen molar-refractivity contribution in [3.05, 3.63) is 69.2 Å². The molecule has 0 amide bonds. The van der Waals surface area contributed by atoms with Crippen LogP contribution in [-0.4, -0.2) is 21.5 Å². The number of rotatable bonds is 6. The van der Waals surface area contributed by atoms with E-state index in [2.05, 4.69) is 20.3 Å². The lowest BCUT2D eigenvalue weighted by atomic mass is 10.1. The fourth-order valence-corrected chi connectivity index (χ4v) is 2.98. The molecule has 3 aromatic rings. The topological polar surface area (TPSA) is 59.9 Å². The lowest BCUT2D eigenvalue weighted by molar-refractivity contribution is 0.463. The molecule has 0 fully saturated rings. The van der Waals surface area contributed by atoms with Crippen LogP contribution in [0.25, 0.3) is 0 Å². The monoisotopic (exact) mass is 402 g/mol. The van der Waals surface area contributed by atoms with Gasteiger partial charge in [0.15, 0.2) is 0 Å². The standard InChI is InChI=1S/C20H20Cl2N4O/c1-12-10-17(21)20(24-11-12)27-16-6-4-15(5-7-16)8-9-23-19-18(22)13(2)25-14(3)26-19/h4-7,10-11H,8-9H2,1-3H3,(H,23,25,26). The number of hydrogen-bond donors (Lipinski definition) is 1. The minimum Gasteiger partial charge on any atom is -0.438 e. The Morgan fingerprint density at radius 3 is 2.48 bits per heavy atom. The van der Waals surface area contributed by atoms with Crippen LogP contribution in [0.2, 0.25) is 10.0 Å². The van der Waals surface area contributed by atoms with Crippen LogP contribution in [0.15, 0.2) is 36.5 Å². The molecular weight excluding hydrogens is 383 g/mol. The SMILES string of the molecule is Cc1cnc(Oc2ccc(CCNc3nc(C)nc(C)c3Cl)cc2)c(Cl)c1. The molecule has 27 heavy (non-hydrogen) atoms. The van der Waals surface area contributed by atoms with Crippen LogP contribution in [0.3, 0.4) is 0 Å². The van der Waals surface area contributed by atoms with E-state index in [0.29, 0.717) is 39.9 Å². The zero-order chi connectivity index (χ0) is 19.4. The predicted octanol–water partition coefficient (Wildman–Crippen LogP) is 5.55. The molecule has 1 N–H and O–H groups in total. The lowest BCUT2D eigenvalue weighted by Gasteiger charge is -2.10. The largest absolute Gasteiger partial charge is 0.438 e. The maximum Gasteiger partial charge on any atom is 0.238 e. The normalized spacial score (nSPS) is 10.7. The first-order valence-corrected chi connectivity index (χ1v) is 9.31. The van der Waals surface area contributed by atoms with Gasteiger partial charge in [-0.2, -0.15) is 0 Å². The van der Waals surface area contributed by atoms with E-state index < -0.39 is 0 Å². The van der Waals surface area contributed by atoms with Crippen molar-refractivity contribution in [1.82, 2.24) is 15.0 Å². The minimum atomic E-state index is 0.404. The predicted molar refractivity (Wildman–Crippen MR) is 109 cm³/mol. The molecule has 0 radical (unpaired) electrons. The summed E-state index contributed by atoms with van der Waals surface area (Å²) >= 11 is 12.4. The van der Waals surface area contributed by atoms with Crippen molar-refractivity contribution >= 4 is 29.0 Å². The maximum absolute atomic E-state index is 6.25. The molecule has 5 nitrogen and oxygen atoms in total. The molecule has 0 aliphatic carbocycles. The summed E-state index contributed by atoms with van der Waals surface area (Å²) in [6, 6.07) is 9.65. The zero-order valence-corrected chi connectivity index (χ0v) is 16.9. The summed E-state index contributed by atoms with van der Waals surface area (Å²) in [6.45, 7) is 6.36. The van der Waals surface area contributed by atoms with E-state index >= 15 is 0 Å². The van der Waals surface area contributed by atoms with E-state index in [0.717, 1.165) is 23.2 Å². The van der Waals surface area contributed by atoms with E-state index in [1.54, 1.807) is 6.20 Å². The van der Waals surface area contributed by atoms with E-state index in [4.69, 9.17) is 27.9 Å². The molecule has 0 atom stereocenters. The van der Waals surface area contributed by atoms with Crippen LogP contribution in [0.1, 0.15) is 22.6 Å². The Balaban J connectivity index is 1.58. The molecule has 3 rings (SSSR count). The van der Waals surface area contributed by atoms with Crippen molar-refractivity contribution in [2.24, 2.45) is 0 Å². The van der Waals surface area contributed by atoms with Gasteiger partial charge < -0.3 is 10.1 Å². The third kappa shape index (κ3) is 5.08. The summed E-state index contributed by atoms with van der Waals surface area (Å²) in [5.74, 6) is 2.46. The Bertz CT molecular complexity index is 945. The van der Waals surface area contributed by atoms with Gasteiger partial charge in [-0.05, 0) is 56.5 Å². The number of nitrogens with one attached hydrogen (secondary N) is 1. The van der Waals surface area contributed by atoms with E-state index in [9.17, 15) is 0 Å². The second kappa shape index (κ2) is 8.55. The zero-order valence-electron chi connectivity index (χ0n) is 15.4. The Morgan fingerprint density at radius 1 is 1.04 bits per heavy atom. The minimum absolute atomic E-state index is 0.404. The van der Waals surface area contributed by atoms with Gasteiger partial charge in [-0.15, -0.1) is 0 Å². The number of aryl methyl sites for hydroxylation is 3. The van der Waals surface area contributed by atoms with Crippen molar-refractivity contribution in [3.63, 3.8) is 0 Å². The number of nitrogens with zero attached hydrogens (tertiary/aromatic N) is 3. The first-order valence-electron chi connectivity index (χ1n) is 8.56. The highest BCUT2D eigenvalue weighted by Crippen LogP contribution is 2.28. The summed E-state index contributed by atoms with van der Waals surface area (Å²) in [4.78, 5) is 12.8. The Kier molecular flexibility index (Phi) is 6.14. The Morgan fingerprint density at radius 2 is 1.78 bits per heavy atom. The van der Waals surface area contributed by atoms with E-state index in [1.807, 2.05) is 51.1 Å². The first-order chi connectivity index (χ1) is 12.9. The summed E-state index contributed by atoms with van der Waals surface area (Å²) in [5.41, 5.74) is 2.93. The van der Waals surface area contributed by atoms with Crippen LogP contribution >= 0.6 is 23.2 Å². The number of aromatic nitrogens is 3. The van der Waals surface area contributed by atoms with Gasteiger partial charge in [0.2, 0.25) is 5.88 Å². The molecule has 0 unspecified atom stereocenters. The van der Waals surface area contributed by atoms with Gasteiger partial charge in [-0.3, -0.25) is 0 Å². The summed E-state index contributed by atoms with van der Waals surface area (Å²) in [5, 5.41) is 4.33. The number of hydrogen-bond acceptors (Lipinski definition) is 5. The van der Waals surface area contributed by atoms with Crippen LogP contribution in [0, 0.1) is 20.8 Å². The highest BCUT2D eigenvalue weighted by Gasteiger charge is 2.08. The molecule has 7 heteroatoms. The summed E-state index contributed by atoms with van der Waals surface area (Å²) in [6.07, 6.45) is 2.55. The van der Waals surface area contributed by atoms with Crippen molar-refractivity contribution in [1.29, 1.82) is 0 Å². The summed E-state index contributed by atoms with van der Waals surface area (Å²) in [7, 11) is 0. The third-order valence-corrected chi connectivity index (χ3v) is 4.64. The second-order valence-corrected chi connectivity index (χ2v) is 7.03. The van der Waals surface area contributed by atoms with Gasteiger partial charge in [0.25, 0.3) is 0 Å². The van der Waals surface area contributed by atoms with Gasteiger partial charge >= 0.3 is 0 Å². The van der Waals surface area contributed by atoms with Crippen LogP contribution in [-0.2, 0) is 6.42 Å². The van der Waals surface area contributed by atoms with Gasteiger partial charge in [-0.1, -0.05) is 35.3 Å². The van der Waals surface area contributed by atoms with Crippen molar-refractivity contribution in [3.8, 4) is 11.6 Å². The summed E-state index contributed by atoms with van der Waals surface area (Å²) < 4.78 is 5.74. The highest BCUT2D eigenvalue weighted by molar-refractivity contribution is 6.33. The number of anilines is 1. The fraction of sp³-hybridized carbons (Fsp3) is 0.250. The van der Waals surface area contributed by atoms with Crippen molar-refractivity contribution in [2.45, 2.75) is 27.2 Å². The molecule has 0 bridgehead atoms. The van der Waals surface area contributed by atoms with Crippen LogP contribution in [0.5, 0.6) is 11.6 Å². The third-order valence-electron chi connectivity index (χ3n) is 3.92. The number of ether oxygens (including phenoxy) is 1. The van der Waals surface area contributed by atoms with Crippen LogP contribution in [0.4, 0.5) is 5.82 Å². The van der Waals surface area contributed by atoms with Gasteiger partial charge in [0.1, 0.15) is 27.4 Å². The van der Waals surface area contributed by atoms with Gasteiger partial charge in [0, 0.05) is 12.7 Å². The van der Waals surface area contributed by atoms with E-state index in [-0.39, 0.29) is 0 Å². The quantitative estimate of drug-likeness (QED) is 0.585. The molecule has 1 aromatic carbocycles. The van der Waals surface area contributed by atoms with Gasteiger partial charge in [-0.25, -0.2) is 15.0 Å². The molecular formula is C20H20Cl2N4O. The Labute approximate surface area is 168 Å². The molecule has 2 heterocycles. The lowest BCUT2D eigenvalue weighted by Crippen LogP contribution is -2.09. The first kappa shape index (κ1) is 19.4. The van der Waals surface area contributed by atoms with E-state index in [1.165, 1.54) is 0 Å². The fourth-order valence-electron chi connectivity index (χ4n) is 2.57. The average molecular weight is 403 g/mol. The number of halogens is 2. The molecule has 140 valence electrons. The number of benzene rings is 1. The molecule has 0 saturated heterocycles. The molecule has 2 aromatic heterocycles. The Hall–Kier alpha value is -2.37. The molecule has 0 aliphatic rings. The van der Waals surface area contributed by atoms with Crippen molar-refractivity contribution < 1.29 is 4.74 Å².